The number of thiol groups is 1. The van der Waals surface area contributed by atoms with Gasteiger partial charge in [0.1, 0.15) is 0 Å². The van der Waals surface area contributed by atoms with Gasteiger partial charge in [0, 0.05) is 20.2 Å². The van der Waals surface area contributed by atoms with Crippen molar-refractivity contribution < 1.29 is 9.84 Å². The molecule has 0 saturated heterocycles. The molecule has 0 aliphatic heterocycles. The summed E-state index contributed by atoms with van der Waals surface area (Å²) in [5.74, 6) is 0.894. The summed E-state index contributed by atoms with van der Waals surface area (Å²) in [7, 11) is 3.65. The Morgan fingerprint density at radius 3 is 2.31 bits per heavy atom. The lowest BCUT2D eigenvalue weighted by atomic mass is 9.84. The largest absolute Gasteiger partial charge is 0.389 e. The number of methoxy groups -OCH3 is 1. The Morgan fingerprint density at radius 1 is 1.38 bits per heavy atom. The van der Waals surface area contributed by atoms with E-state index in [9.17, 15) is 5.11 Å². The number of likely N-dealkylation sites (N-methyl/N-ethyl adjacent to an activating group) is 1. The van der Waals surface area contributed by atoms with Crippen molar-refractivity contribution in [1.29, 1.82) is 0 Å². The first kappa shape index (κ1) is 16.2. The fraction of sp³-hybridized carbons (Fsp3) is 1.00. The van der Waals surface area contributed by atoms with E-state index < -0.39 is 6.10 Å². The highest BCUT2D eigenvalue weighted by Crippen LogP contribution is 2.28. The van der Waals surface area contributed by atoms with E-state index in [4.69, 9.17) is 4.74 Å². The fourth-order valence-corrected chi connectivity index (χ4v) is 2.54. The standard InChI is InChI=1S/C12H27NO2S/c1-5-12(6-2,10-16)9-13(3)7-11(14)8-15-4/h11,14,16H,5-10H2,1-4H3. The van der Waals surface area contributed by atoms with Crippen molar-refractivity contribution in [3.8, 4) is 0 Å². The van der Waals surface area contributed by atoms with Gasteiger partial charge in [-0.25, -0.2) is 0 Å². The van der Waals surface area contributed by atoms with Gasteiger partial charge in [-0.3, -0.25) is 0 Å². The fourth-order valence-electron chi connectivity index (χ4n) is 1.99. The van der Waals surface area contributed by atoms with Crippen molar-refractivity contribution in [3.63, 3.8) is 0 Å². The predicted molar refractivity (Wildman–Crippen MR) is 72.2 cm³/mol. The Hall–Kier alpha value is 0.230. The number of hydrogen-bond donors (Lipinski definition) is 2. The number of hydrogen-bond acceptors (Lipinski definition) is 4. The van der Waals surface area contributed by atoms with Crippen LogP contribution in [0.4, 0.5) is 0 Å². The van der Waals surface area contributed by atoms with Crippen LogP contribution >= 0.6 is 12.6 Å². The topological polar surface area (TPSA) is 32.7 Å². The number of aliphatic hydroxyl groups excluding tert-OH is 1. The minimum absolute atomic E-state index is 0.269. The maximum Gasteiger partial charge on any atom is 0.0899 e. The van der Waals surface area contributed by atoms with Crippen LogP contribution in [0.5, 0.6) is 0 Å². The van der Waals surface area contributed by atoms with E-state index >= 15 is 0 Å². The molecular weight excluding hydrogens is 222 g/mol. The summed E-state index contributed by atoms with van der Waals surface area (Å²) in [5, 5.41) is 9.65. The van der Waals surface area contributed by atoms with Gasteiger partial charge in [0.05, 0.1) is 12.7 Å². The first-order valence-electron chi connectivity index (χ1n) is 6.00. The quantitative estimate of drug-likeness (QED) is 0.610. The second kappa shape index (κ2) is 8.34. The molecule has 0 heterocycles. The van der Waals surface area contributed by atoms with Gasteiger partial charge in [-0.2, -0.15) is 12.6 Å². The Kier molecular flexibility index (Phi) is 8.46. The highest BCUT2D eigenvalue weighted by molar-refractivity contribution is 7.80. The molecule has 0 saturated carbocycles. The van der Waals surface area contributed by atoms with Crippen LogP contribution in [0, 0.1) is 5.41 Å². The first-order valence-corrected chi connectivity index (χ1v) is 6.63. The molecule has 0 aromatic carbocycles. The Balaban J connectivity index is 4.14. The number of nitrogens with zero attached hydrogens (tertiary/aromatic N) is 1. The summed E-state index contributed by atoms with van der Waals surface area (Å²) in [5.41, 5.74) is 0.269. The van der Waals surface area contributed by atoms with Crippen molar-refractivity contribution in [1.82, 2.24) is 4.90 Å². The predicted octanol–water partition coefficient (Wildman–Crippen LogP) is 1.66. The van der Waals surface area contributed by atoms with Crippen LogP contribution in [-0.2, 0) is 4.74 Å². The van der Waals surface area contributed by atoms with Gasteiger partial charge >= 0.3 is 0 Å². The summed E-state index contributed by atoms with van der Waals surface area (Å²) in [4.78, 5) is 2.17. The highest BCUT2D eigenvalue weighted by atomic mass is 32.1. The summed E-state index contributed by atoms with van der Waals surface area (Å²) in [6.07, 6.45) is 1.84. The molecule has 0 radical (unpaired) electrons. The molecule has 1 N–H and O–H groups in total. The third kappa shape index (κ3) is 5.53. The molecule has 0 bridgehead atoms. The number of ether oxygens (including phenoxy) is 1. The molecule has 0 aromatic rings. The molecule has 98 valence electrons. The third-order valence-electron chi connectivity index (χ3n) is 3.32. The van der Waals surface area contributed by atoms with E-state index in [2.05, 4.69) is 31.4 Å². The Morgan fingerprint density at radius 2 is 1.94 bits per heavy atom. The normalized spacial score (nSPS) is 14.4. The second-order valence-corrected chi connectivity index (χ2v) is 4.99. The molecule has 0 aromatic heterocycles. The minimum Gasteiger partial charge on any atom is -0.389 e. The summed E-state index contributed by atoms with van der Waals surface area (Å²) in [6.45, 7) is 6.45. The summed E-state index contributed by atoms with van der Waals surface area (Å²) >= 11 is 4.45. The average Bonchev–Trinajstić information content (AvgIpc) is 2.26. The maximum absolute atomic E-state index is 9.65. The van der Waals surface area contributed by atoms with E-state index in [0.29, 0.717) is 13.2 Å². The zero-order valence-corrected chi connectivity index (χ0v) is 12.0. The average molecular weight is 249 g/mol. The minimum atomic E-state index is -0.402. The van der Waals surface area contributed by atoms with Gasteiger partial charge in [-0.05, 0) is 31.1 Å². The summed E-state index contributed by atoms with van der Waals surface area (Å²) in [6, 6.07) is 0. The lowest BCUT2D eigenvalue weighted by Gasteiger charge is -2.35. The molecular formula is C12H27NO2S. The van der Waals surface area contributed by atoms with Crippen molar-refractivity contribution in [3.05, 3.63) is 0 Å². The molecule has 0 aliphatic rings. The molecule has 16 heavy (non-hydrogen) atoms. The van der Waals surface area contributed by atoms with Crippen molar-refractivity contribution in [2.75, 3.05) is 39.6 Å². The third-order valence-corrected chi connectivity index (χ3v) is 3.99. The lowest BCUT2D eigenvalue weighted by molar-refractivity contribution is 0.0344. The molecule has 4 heteroatoms. The molecule has 1 atom stereocenters. The zero-order chi connectivity index (χ0) is 12.6. The maximum atomic E-state index is 9.65. The second-order valence-electron chi connectivity index (χ2n) is 4.67. The smallest absolute Gasteiger partial charge is 0.0899 e. The molecule has 0 fully saturated rings. The van der Waals surface area contributed by atoms with Gasteiger partial charge < -0.3 is 14.7 Å². The van der Waals surface area contributed by atoms with E-state index in [-0.39, 0.29) is 5.41 Å². The Bertz CT molecular complexity index is 166. The molecule has 0 amide bonds. The first-order chi connectivity index (χ1) is 7.53. The Labute approximate surface area is 106 Å². The monoisotopic (exact) mass is 249 g/mol. The van der Waals surface area contributed by atoms with Crippen molar-refractivity contribution in [2.45, 2.75) is 32.8 Å². The van der Waals surface area contributed by atoms with Gasteiger partial charge in [-0.1, -0.05) is 13.8 Å². The van der Waals surface area contributed by atoms with E-state index in [0.717, 1.165) is 25.1 Å². The van der Waals surface area contributed by atoms with E-state index in [1.165, 1.54) is 0 Å². The molecule has 0 aliphatic carbocycles. The van der Waals surface area contributed by atoms with Gasteiger partial charge in [0.25, 0.3) is 0 Å². The van der Waals surface area contributed by atoms with Gasteiger partial charge in [-0.15, -0.1) is 0 Å². The number of aliphatic hydroxyl groups is 1. The van der Waals surface area contributed by atoms with Crippen LogP contribution in [0.15, 0.2) is 0 Å². The van der Waals surface area contributed by atoms with Crippen LogP contribution in [-0.4, -0.2) is 55.7 Å². The zero-order valence-electron chi connectivity index (χ0n) is 11.1. The highest BCUT2D eigenvalue weighted by Gasteiger charge is 2.26. The SMILES string of the molecule is CCC(CC)(CS)CN(C)CC(O)COC. The molecule has 1 unspecified atom stereocenters. The molecule has 0 spiro atoms. The molecule has 3 nitrogen and oxygen atoms in total. The van der Waals surface area contributed by atoms with Crippen LogP contribution in [0.25, 0.3) is 0 Å². The van der Waals surface area contributed by atoms with Crippen LogP contribution < -0.4 is 0 Å². The van der Waals surface area contributed by atoms with Gasteiger partial charge in [0.15, 0.2) is 0 Å². The van der Waals surface area contributed by atoms with E-state index in [1.807, 2.05) is 7.05 Å². The lowest BCUT2D eigenvalue weighted by Crippen LogP contribution is -2.40. The summed E-state index contributed by atoms with van der Waals surface area (Å²) < 4.78 is 4.92. The van der Waals surface area contributed by atoms with Crippen LogP contribution in [0.3, 0.4) is 0 Å². The molecule has 0 rings (SSSR count). The van der Waals surface area contributed by atoms with Crippen LogP contribution in [0.2, 0.25) is 0 Å². The van der Waals surface area contributed by atoms with Crippen molar-refractivity contribution >= 4 is 12.6 Å². The van der Waals surface area contributed by atoms with E-state index in [1.54, 1.807) is 7.11 Å². The van der Waals surface area contributed by atoms with Crippen molar-refractivity contribution in [2.24, 2.45) is 5.41 Å². The number of rotatable bonds is 9. The van der Waals surface area contributed by atoms with Gasteiger partial charge in [0.2, 0.25) is 0 Å². The van der Waals surface area contributed by atoms with Crippen LogP contribution in [0.1, 0.15) is 26.7 Å².